The van der Waals surface area contributed by atoms with Crippen LogP contribution in [-0.4, -0.2) is 28.3 Å². The standard InChI is InChI=1S/C20H17ClFN3O3S/c1-12-3-4-13(9-16(12)22)24-18(26)11-29-19-20(27)25(8-7-23-19)14-5-6-17(28-2)15(21)10-14/h3-10H,11H2,1-2H3,(H,24,26). The second kappa shape index (κ2) is 9.11. The smallest absolute Gasteiger partial charge is 0.287 e. The van der Waals surface area contributed by atoms with E-state index in [0.29, 0.717) is 27.7 Å². The number of anilines is 1. The van der Waals surface area contributed by atoms with Gasteiger partial charge in [0.25, 0.3) is 5.56 Å². The zero-order chi connectivity index (χ0) is 21.0. The topological polar surface area (TPSA) is 73.2 Å². The van der Waals surface area contributed by atoms with Gasteiger partial charge in [-0.15, -0.1) is 0 Å². The number of hydrogen-bond donors (Lipinski definition) is 1. The van der Waals surface area contributed by atoms with E-state index in [1.165, 1.54) is 30.1 Å². The van der Waals surface area contributed by atoms with Crippen LogP contribution in [0.15, 0.2) is 58.6 Å². The fourth-order valence-corrected chi connectivity index (χ4v) is 3.45. The number of aromatic nitrogens is 2. The van der Waals surface area contributed by atoms with Crippen molar-refractivity contribution in [2.45, 2.75) is 11.9 Å². The Morgan fingerprint density at radius 1 is 1.31 bits per heavy atom. The zero-order valence-corrected chi connectivity index (χ0v) is 17.2. The van der Waals surface area contributed by atoms with Gasteiger partial charge >= 0.3 is 0 Å². The summed E-state index contributed by atoms with van der Waals surface area (Å²) in [6.07, 6.45) is 2.98. The zero-order valence-electron chi connectivity index (χ0n) is 15.6. The number of ether oxygens (including phenoxy) is 1. The Bertz CT molecular complexity index is 1120. The normalized spacial score (nSPS) is 10.6. The Labute approximate surface area is 175 Å². The number of carbonyl (C=O) groups is 1. The average Bonchev–Trinajstić information content (AvgIpc) is 2.70. The number of nitrogens with one attached hydrogen (secondary N) is 1. The summed E-state index contributed by atoms with van der Waals surface area (Å²) in [5, 5.41) is 3.12. The summed E-state index contributed by atoms with van der Waals surface area (Å²) in [5.41, 5.74) is 1.01. The molecule has 0 saturated carbocycles. The fourth-order valence-electron chi connectivity index (χ4n) is 2.50. The second-order valence-electron chi connectivity index (χ2n) is 6.03. The molecule has 29 heavy (non-hydrogen) atoms. The van der Waals surface area contributed by atoms with E-state index in [-0.39, 0.29) is 22.2 Å². The van der Waals surface area contributed by atoms with Crippen LogP contribution in [0.3, 0.4) is 0 Å². The van der Waals surface area contributed by atoms with Crippen LogP contribution in [-0.2, 0) is 4.79 Å². The van der Waals surface area contributed by atoms with Gasteiger partial charge in [-0.05, 0) is 42.8 Å². The van der Waals surface area contributed by atoms with E-state index in [1.807, 2.05) is 0 Å². The summed E-state index contributed by atoms with van der Waals surface area (Å²) in [7, 11) is 1.50. The van der Waals surface area contributed by atoms with Crippen molar-refractivity contribution in [1.29, 1.82) is 0 Å². The molecule has 0 radical (unpaired) electrons. The molecule has 0 aliphatic heterocycles. The number of methoxy groups -OCH3 is 1. The molecule has 0 aliphatic carbocycles. The molecule has 9 heteroatoms. The fraction of sp³-hybridized carbons (Fsp3) is 0.150. The molecule has 6 nitrogen and oxygen atoms in total. The van der Waals surface area contributed by atoms with Crippen LogP contribution in [0.5, 0.6) is 5.75 Å². The lowest BCUT2D eigenvalue weighted by molar-refractivity contribution is -0.113. The molecule has 1 heterocycles. The van der Waals surface area contributed by atoms with Gasteiger partial charge in [0.2, 0.25) is 5.91 Å². The lowest BCUT2D eigenvalue weighted by atomic mass is 10.2. The SMILES string of the molecule is COc1ccc(-n2ccnc(SCC(=O)Nc3ccc(C)c(F)c3)c2=O)cc1Cl. The van der Waals surface area contributed by atoms with Gasteiger partial charge in [0, 0.05) is 18.1 Å². The Hall–Kier alpha value is -2.84. The van der Waals surface area contributed by atoms with Crippen molar-refractivity contribution in [2.75, 3.05) is 18.2 Å². The van der Waals surface area contributed by atoms with Gasteiger partial charge in [0.1, 0.15) is 11.6 Å². The summed E-state index contributed by atoms with van der Waals surface area (Å²) in [5.74, 6) is -0.328. The van der Waals surface area contributed by atoms with Gasteiger partial charge in [-0.3, -0.25) is 14.2 Å². The highest BCUT2D eigenvalue weighted by Crippen LogP contribution is 2.26. The third-order valence-corrected chi connectivity index (χ3v) is 5.27. The number of aryl methyl sites for hydroxylation is 1. The van der Waals surface area contributed by atoms with E-state index >= 15 is 0 Å². The van der Waals surface area contributed by atoms with Crippen LogP contribution in [0, 0.1) is 12.7 Å². The Morgan fingerprint density at radius 3 is 2.79 bits per heavy atom. The average molecular weight is 434 g/mol. The first-order chi connectivity index (χ1) is 13.9. The predicted molar refractivity (Wildman–Crippen MR) is 112 cm³/mol. The highest BCUT2D eigenvalue weighted by molar-refractivity contribution is 7.99. The molecule has 1 N–H and O–H groups in total. The highest BCUT2D eigenvalue weighted by atomic mass is 35.5. The summed E-state index contributed by atoms with van der Waals surface area (Å²) < 4.78 is 20.1. The maximum absolute atomic E-state index is 13.6. The van der Waals surface area contributed by atoms with Gasteiger partial charge in [-0.2, -0.15) is 0 Å². The van der Waals surface area contributed by atoms with E-state index in [9.17, 15) is 14.0 Å². The number of halogens is 2. The number of carbonyl (C=O) groups excluding carboxylic acids is 1. The van der Waals surface area contributed by atoms with Gasteiger partial charge < -0.3 is 10.1 Å². The first-order valence-electron chi connectivity index (χ1n) is 8.49. The molecule has 1 aromatic heterocycles. The summed E-state index contributed by atoms with van der Waals surface area (Å²) in [4.78, 5) is 28.9. The van der Waals surface area contributed by atoms with Gasteiger partial charge in [0.15, 0.2) is 5.03 Å². The molecule has 2 aromatic carbocycles. The quantitative estimate of drug-likeness (QED) is 0.593. The number of thioether (sulfide) groups is 1. The second-order valence-corrected chi connectivity index (χ2v) is 7.40. The first kappa shape index (κ1) is 20.9. The minimum atomic E-state index is -0.402. The molecule has 0 fully saturated rings. The van der Waals surface area contributed by atoms with Crippen LogP contribution in [0.4, 0.5) is 10.1 Å². The number of hydrogen-bond acceptors (Lipinski definition) is 5. The molecule has 3 rings (SSSR count). The maximum atomic E-state index is 13.6. The van der Waals surface area contributed by atoms with Crippen LogP contribution in [0.1, 0.15) is 5.56 Å². The van der Waals surface area contributed by atoms with Crippen LogP contribution < -0.4 is 15.6 Å². The lowest BCUT2D eigenvalue weighted by Crippen LogP contribution is -2.22. The van der Waals surface area contributed by atoms with E-state index in [4.69, 9.17) is 16.3 Å². The van der Waals surface area contributed by atoms with Crippen LogP contribution >= 0.6 is 23.4 Å². The van der Waals surface area contributed by atoms with Crippen molar-refractivity contribution >= 4 is 35.0 Å². The number of nitrogens with zero attached hydrogens (tertiary/aromatic N) is 2. The third kappa shape index (κ3) is 4.96. The largest absolute Gasteiger partial charge is 0.495 e. The molecule has 0 saturated heterocycles. The van der Waals surface area contributed by atoms with Crippen molar-refractivity contribution in [2.24, 2.45) is 0 Å². The summed E-state index contributed by atoms with van der Waals surface area (Å²) >= 11 is 7.13. The van der Waals surface area contributed by atoms with Crippen molar-refractivity contribution < 1.29 is 13.9 Å². The molecule has 0 unspecified atom stereocenters. The maximum Gasteiger partial charge on any atom is 0.287 e. The highest BCUT2D eigenvalue weighted by Gasteiger charge is 2.12. The van der Waals surface area contributed by atoms with Gasteiger partial charge in [-0.25, -0.2) is 9.37 Å². The number of amides is 1. The molecular weight excluding hydrogens is 417 g/mol. The van der Waals surface area contributed by atoms with Gasteiger partial charge in [0.05, 0.1) is 23.6 Å². The summed E-state index contributed by atoms with van der Waals surface area (Å²) in [6, 6.07) is 9.40. The molecule has 0 bridgehead atoms. The molecule has 150 valence electrons. The molecule has 1 amide bonds. The van der Waals surface area contributed by atoms with Gasteiger partial charge in [-0.1, -0.05) is 29.4 Å². The summed E-state index contributed by atoms with van der Waals surface area (Å²) in [6.45, 7) is 1.64. The van der Waals surface area contributed by atoms with Crippen molar-refractivity contribution in [3.8, 4) is 11.4 Å². The minimum absolute atomic E-state index is 0.0505. The van der Waals surface area contributed by atoms with E-state index < -0.39 is 5.82 Å². The van der Waals surface area contributed by atoms with Crippen molar-refractivity contribution in [3.63, 3.8) is 0 Å². The number of rotatable bonds is 6. The number of benzene rings is 2. The lowest BCUT2D eigenvalue weighted by Gasteiger charge is -2.10. The third-order valence-electron chi connectivity index (χ3n) is 4.02. The van der Waals surface area contributed by atoms with E-state index in [1.54, 1.807) is 37.3 Å². The van der Waals surface area contributed by atoms with Crippen molar-refractivity contribution in [3.05, 3.63) is 75.5 Å². The Morgan fingerprint density at radius 2 is 2.10 bits per heavy atom. The van der Waals surface area contributed by atoms with Crippen LogP contribution in [0.25, 0.3) is 5.69 Å². The Kier molecular flexibility index (Phi) is 6.56. The van der Waals surface area contributed by atoms with E-state index in [2.05, 4.69) is 10.3 Å². The molecule has 0 aliphatic rings. The van der Waals surface area contributed by atoms with E-state index in [0.717, 1.165) is 11.8 Å². The molecule has 3 aromatic rings. The van der Waals surface area contributed by atoms with Crippen LogP contribution in [0.2, 0.25) is 5.02 Å². The molecule has 0 spiro atoms. The monoisotopic (exact) mass is 433 g/mol. The predicted octanol–water partition coefficient (Wildman–Crippen LogP) is 4.07. The first-order valence-corrected chi connectivity index (χ1v) is 9.86. The minimum Gasteiger partial charge on any atom is -0.495 e. The van der Waals surface area contributed by atoms with Crippen molar-refractivity contribution in [1.82, 2.24) is 9.55 Å². The molecular formula is C20H17ClFN3O3S. The Balaban J connectivity index is 1.72. The molecule has 0 atom stereocenters.